The number of nitrogens with one attached hydrogen (secondary N) is 1. The van der Waals surface area contributed by atoms with E-state index in [0.29, 0.717) is 26.4 Å². The molecule has 0 fully saturated rings. The van der Waals surface area contributed by atoms with Gasteiger partial charge in [0.25, 0.3) is 0 Å². The fourth-order valence-electron chi connectivity index (χ4n) is 3.91. The highest BCUT2D eigenvalue weighted by molar-refractivity contribution is 7.83. The maximum atomic E-state index is 12.5. The number of rotatable bonds is 25. The van der Waals surface area contributed by atoms with Crippen molar-refractivity contribution in [3.8, 4) is 0 Å². The van der Waals surface area contributed by atoms with E-state index in [2.05, 4.69) is 25.9 Å². The zero-order valence-corrected chi connectivity index (χ0v) is 25.0. The van der Waals surface area contributed by atoms with E-state index in [1.54, 1.807) is 7.11 Å². The van der Waals surface area contributed by atoms with Crippen molar-refractivity contribution in [3.63, 3.8) is 0 Å². The third kappa shape index (κ3) is 22.8. The summed E-state index contributed by atoms with van der Waals surface area (Å²) in [4.78, 5) is 0. The number of hydrogen-bond acceptors (Lipinski definition) is 4. The van der Waals surface area contributed by atoms with Crippen LogP contribution >= 0.6 is 18.1 Å². The number of methoxy groups -OCH3 is 1. The molecule has 0 saturated carbocycles. The molecule has 1 atom stereocenters. The van der Waals surface area contributed by atoms with Gasteiger partial charge in [0.05, 0.1) is 26.4 Å². The summed E-state index contributed by atoms with van der Waals surface area (Å²) < 4.78 is 29.1. The van der Waals surface area contributed by atoms with Crippen LogP contribution in [0.25, 0.3) is 0 Å². The zero-order chi connectivity index (χ0) is 25.8. The minimum atomic E-state index is -3.30. The van der Waals surface area contributed by atoms with E-state index in [1.165, 1.54) is 77.0 Å². The Morgan fingerprint density at radius 2 is 1.09 bits per heavy atom. The Bertz CT molecular complexity index is 517. The van der Waals surface area contributed by atoms with E-state index in [1.807, 2.05) is 13.8 Å². The van der Waals surface area contributed by atoms with Crippen LogP contribution in [0.15, 0.2) is 0 Å². The second-order valence-electron chi connectivity index (χ2n) is 11.5. The summed E-state index contributed by atoms with van der Waals surface area (Å²) in [5, 5.41) is 2.91. The van der Waals surface area contributed by atoms with Crippen molar-refractivity contribution in [1.29, 1.82) is 0 Å². The fraction of sp³-hybridized carbons (Fsp3) is 1.00. The predicted octanol–water partition coefficient (Wildman–Crippen LogP) is 9.14. The largest absolute Gasteiger partial charge is 0.384 e. The van der Waals surface area contributed by atoms with Crippen molar-refractivity contribution in [2.24, 2.45) is 10.8 Å². The lowest BCUT2D eigenvalue weighted by atomic mass is 9.94. The van der Waals surface area contributed by atoms with E-state index in [-0.39, 0.29) is 17.4 Å². The first-order chi connectivity index (χ1) is 16.0. The van der Waals surface area contributed by atoms with Crippen LogP contribution in [-0.4, -0.2) is 40.1 Å². The van der Waals surface area contributed by atoms with Crippen molar-refractivity contribution in [1.82, 2.24) is 5.09 Å². The van der Waals surface area contributed by atoms with Gasteiger partial charge in [0, 0.05) is 24.5 Å². The summed E-state index contributed by atoms with van der Waals surface area (Å²) in [5.74, 6) is 0. The number of unbranched alkanes of at least 4 members (excludes halogenated alkanes) is 13. The van der Waals surface area contributed by atoms with Crippen LogP contribution in [0.4, 0.5) is 0 Å². The molecule has 0 rings (SSSR count). The SMILES string of the molecule is CCCCCCCCCCCCCCCCNP(=O)(Cl)OCC(C)(C)COCC(C)(C)COC. The fourth-order valence-corrected chi connectivity index (χ4v) is 5.35. The highest BCUT2D eigenvalue weighted by Gasteiger charge is 2.27. The van der Waals surface area contributed by atoms with Gasteiger partial charge in [0.2, 0.25) is 0 Å². The number of hydrogen-bond donors (Lipinski definition) is 1. The molecular formula is C27H57ClNO4P. The van der Waals surface area contributed by atoms with Crippen LogP contribution in [0.2, 0.25) is 0 Å². The molecule has 7 heteroatoms. The highest BCUT2D eigenvalue weighted by atomic mass is 35.7. The average molecular weight is 526 g/mol. The summed E-state index contributed by atoms with van der Waals surface area (Å²) in [6, 6.07) is 0. The molecule has 0 spiro atoms. The van der Waals surface area contributed by atoms with Crippen LogP contribution in [-0.2, 0) is 18.6 Å². The van der Waals surface area contributed by atoms with E-state index in [9.17, 15) is 4.57 Å². The van der Waals surface area contributed by atoms with Gasteiger partial charge in [0.15, 0.2) is 0 Å². The maximum absolute atomic E-state index is 12.5. The van der Waals surface area contributed by atoms with Gasteiger partial charge in [-0.1, -0.05) is 118 Å². The first-order valence-electron chi connectivity index (χ1n) is 13.8. The number of ether oxygens (including phenoxy) is 2. The molecule has 0 bridgehead atoms. The molecule has 1 unspecified atom stereocenters. The minimum Gasteiger partial charge on any atom is -0.384 e. The van der Waals surface area contributed by atoms with Crippen LogP contribution in [0.3, 0.4) is 0 Å². The molecule has 0 heterocycles. The highest BCUT2D eigenvalue weighted by Crippen LogP contribution is 2.49. The molecule has 0 aliphatic heterocycles. The molecular weight excluding hydrogens is 469 g/mol. The van der Waals surface area contributed by atoms with E-state index >= 15 is 0 Å². The van der Waals surface area contributed by atoms with Gasteiger partial charge in [-0.15, -0.1) is 0 Å². The summed E-state index contributed by atoms with van der Waals surface area (Å²) in [6.07, 6.45) is 18.5. The van der Waals surface area contributed by atoms with E-state index in [4.69, 9.17) is 25.2 Å². The van der Waals surface area contributed by atoms with Crippen molar-refractivity contribution >= 4 is 18.1 Å². The molecule has 0 aromatic rings. The van der Waals surface area contributed by atoms with Crippen LogP contribution in [0.5, 0.6) is 0 Å². The lowest BCUT2D eigenvalue weighted by molar-refractivity contribution is -0.0244. The molecule has 0 aromatic carbocycles. The number of halogens is 1. The van der Waals surface area contributed by atoms with E-state index in [0.717, 1.165) is 12.8 Å². The lowest BCUT2D eigenvalue weighted by Crippen LogP contribution is -2.31. The molecule has 0 aliphatic rings. The monoisotopic (exact) mass is 525 g/mol. The first kappa shape index (κ1) is 34.4. The Morgan fingerprint density at radius 1 is 0.676 bits per heavy atom. The van der Waals surface area contributed by atoms with Crippen LogP contribution in [0, 0.1) is 10.8 Å². The second kappa shape index (κ2) is 20.4. The van der Waals surface area contributed by atoms with Gasteiger partial charge in [0.1, 0.15) is 0 Å². The van der Waals surface area contributed by atoms with E-state index < -0.39 is 6.87 Å². The smallest absolute Gasteiger partial charge is 0.360 e. The third-order valence-electron chi connectivity index (χ3n) is 5.97. The average Bonchev–Trinajstić information content (AvgIpc) is 2.75. The standard InChI is InChI=1S/C27H57ClNO4P/c1-7-8-9-10-11-12-13-14-15-16-17-18-19-20-21-29-34(28,30)33-25-27(4,5)24-32-23-26(2,3)22-31-6/h7-25H2,1-6H3,(H,29,30). The van der Waals surface area contributed by atoms with Crippen molar-refractivity contribution in [3.05, 3.63) is 0 Å². The summed E-state index contributed by atoms with van der Waals surface area (Å²) in [6.45, 7) is 9.89. The topological polar surface area (TPSA) is 56.8 Å². The van der Waals surface area contributed by atoms with Crippen molar-refractivity contribution in [2.45, 2.75) is 125 Å². The Hall–Kier alpha value is 0.360. The van der Waals surface area contributed by atoms with Gasteiger partial charge < -0.3 is 14.0 Å². The summed E-state index contributed by atoms with van der Waals surface area (Å²) in [5.41, 5.74) is -0.312. The van der Waals surface area contributed by atoms with Gasteiger partial charge in [-0.2, -0.15) is 0 Å². The zero-order valence-electron chi connectivity index (χ0n) is 23.4. The molecule has 0 radical (unpaired) electrons. The molecule has 0 aliphatic carbocycles. The Balaban J connectivity index is 3.67. The Morgan fingerprint density at radius 3 is 1.53 bits per heavy atom. The molecule has 0 saturated heterocycles. The molecule has 206 valence electrons. The molecule has 0 aromatic heterocycles. The Labute approximate surface area is 217 Å². The predicted molar refractivity (Wildman–Crippen MR) is 148 cm³/mol. The third-order valence-corrected chi connectivity index (χ3v) is 7.69. The molecule has 1 N–H and O–H groups in total. The normalized spacial score (nSPS) is 14.4. The first-order valence-corrected chi connectivity index (χ1v) is 16.3. The van der Waals surface area contributed by atoms with Gasteiger partial charge in [-0.25, -0.2) is 5.09 Å². The molecule has 0 amide bonds. The van der Waals surface area contributed by atoms with Crippen molar-refractivity contribution in [2.75, 3.05) is 40.1 Å². The summed E-state index contributed by atoms with van der Waals surface area (Å²) in [7, 11) is 1.70. The molecule has 5 nitrogen and oxygen atoms in total. The van der Waals surface area contributed by atoms with Crippen LogP contribution < -0.4 is 5.09 Å². The molecule has 34 heavy (non-hydrogen) atoms. The minimum absolute atomic E-state index is 0.0391. The lowest BCUT2D eigenvalue weighted by Gasteiger charge is -2.29. The quantitative estimate of drug-likeness (QED) is 0.0950. The van der Waals surface area contributed by atoms with Gasteiger partial charge in [-0.3, -0.25) is 4.57 Å². The van der Waals surface area contributed by atoms with Gasteiger partial charge in [-0.05, 0) is 17.7 Å². The van der Waals surface area contributed by atoms with Crippen LogP contribution in [0.1, 0.15) is 125 Å². The van der Waals surface area contributed by atoms with Crippen molar-refractivity contribution < 1.29 is 18.6 Å². The van der Waals surface area contributed by atoms with Gasteiger partial charge >= 0.3 is 6.87 Å². The Kier molecular flexibility index (Phi) is 20.6. The maximum Gasteiger partial charge on any atom is 0.360 e. The second-order valence-corrected chi connectivity index (χ2v) is 14.4. The summed E-state index contributed by atoms with van der Waals surface area (Å²) >= 11 is 6.11.